The molecule has 0 saturated heterocycles. The second-order valence-electron chi connectivity index (χ2n) is 5.80. The Balaban J connectivity index is 1.75. The highest BCUT2D eigenvalue weighted by Crippen LogP contribution is 2.21. The van der Waals surface area contributed by atoms with Crippen LogP contribution in [0.1, 0.15) is 25.8 Å². The quantitative estimate of drug-likeness (QED) is 0.669. The van der Waals surface area contributed by atoms with Crippen LogP contribution in [0.2, 0.25) is 0 Å². The number of anilines is 2. The molecule has 0 fully saturated rings. The average Bonchev–Trinajstić information content (AvgIpc) is 2.77. The first-order valence-corrected chi connectivity index (χ1v) is 7.29. The predicted molar refractivity (Wildman–Crippen MR) is 87.7 cm³/mol. The highest BCUT2D eigenvalue weighted by molar-refractivity contribution is 5.32. The molecule has 5 N–H and O–H groups in total. The van der Waals surface area contributed by atoms with Crippen LogP contribution < -0.4 is 21.5 Å². The van der Waals surface area contributed by atoms with E-state index in [1.807, 2.05) is 38.1 Å². The molecule has 0 atom stereocenters. The van der Waals surface area contributed by atoms with Gasteiger partial charge in [0.1, 0.15) is 5.75 Å². The lowest BCUT2D eigenvalue weighted by molar-refractivity contribution is 0.314. The number of nitrogens with two attached hydrogens (primary N) is 2. The molecule has 0 aliphatic rings. The second kappa shape index (κ2) is 6.65. The van der Waals surface area contributed by atoms with Crippen LogP contribution in [0.3, 0.4) is 0 Å². The minimum atomic E-state index is -0.370. The minimum Gasteiger partial charge on any atom is -0.494 e. The average molecular weight is 304 g/mol. The smallest absolute Gasteiger partial charge is 0.243 e. The van der Waals surface area contributed by atoms with Crippen LogP contribution in [0.15, 0.2) is 24.3 Å². The van der Waals surface area contributed by atoms with Crippen molar-refractivity contribution in [2.75, 3.05) is 24.2 Å². The Morgan fingerprint density at radius 1 is 1.36 bits per heavy atom. The molecule has 0 bridgehead atoms. The summed E-state index contributed by atoms with van der Waals surface area (Å²) in [5, 5.41) is 7.22. The maximum atomic E-state index is 6.09. The van der Waals surface area contributed by atoms with Crippen molar-refractivity contribution in [3.63, 3.8) is 0 Å². The second-order valence-corrected chi connectivity index (χ2v) is 5.80. The zero-order chi connectivity index (χ0) is 16.2. The van der Waals surface area contributed by atoms with E-state index in [9.17, 15) is 0 Å². The number of hydrogen-bond acceptors (Lipinski definition) is 6. The van der Waals surface area contributed by atoms with Crippen LogP contribution in [-0.4, -0.2) is 27.9 Å². The molecule has 7 nitrogen and oxygen atoms in total. The molecule has 0 unspecified atom stereocenters. The summed E-state index contributed by atoms with van der Waals surface area (Å²) in [6.07, 6.45) is 0.828. The number of nitrogen functional groups attached to an aromatic ring is 1. The molecule has 1 heterocycles. The number of aromatic nitrogens is 3. The SMILES string of the molecule is Cn1nc(NCCCOc2cccc(C(C)(C)N)c2)nc1N. The number of hydrogen-bond donors (Lipinski definition) is 3. The maximum Gasteiger partial charge on any atom is 0.243 e. The van der Waals surface area contributed by atoms with Crippen LogP contribution in [0.4, 0.5) is 11.9 Å². The van der Waals surface area contributed by atoms with Gasteiger partial charge in [0.2, 0.25) is 11.9 Å². The van der Waals surface area contributed by atoms with Gasteiger partial charge < -0.3 is 21.5 Å². The lowest BCUT2D eigenvalue weighted by Gasteiger charge is -2.19. The van der Waals surface area contributed by atoms with E-state index >= 15 is 0 Å². The molecule has 0 spiro atoms. The van der Waals surface area contributed by atoms with Crippen molar-refractivity contribution in [1.82, 2.24) is 14.8 Å². The van der Waals surface area contributed by atoms with E-state index in [2.05, 4.69) is 15.4 Å². The molecule has 2 rings (SSSR count). The summed E-state index contributed by atoms with van der Waals surface area (Å²) >= 11 is 0. The summed E-state index contributed by atoms with van der Waals surface area (Å²) in [5.41, 5.74) is 12.4. The summed E-state index contributed by atoms with van der Waals surface area (Å²) in [7, 11) is 1.75. The molecule has 22 heavy (non-hydrogen) atoms. The minimum absolute atomic E-state index is 0.370. The zero-order valence-corrected chi connectivity index (χ0v) is 13.3. The Morgan fingerprint density at radius 3 is 2.77 bits per heavy atom. The molecular formula is C15H24N6O. The predicted octanol–water partition coefficient (Wildman–Crippen LogP) is 1.47. The molecule has 1 aromatic carbocycles. The number of rotatable bonds is 7. The Bertz CT molecular complexity index is 597. The van der Waals surface area contributed by atoms with Gasteiger partial charge in [0.15, 0.2) is 0 Å². The number of nitrogens with zero attached hydrogens (tertiary/aromatic N) is 3. The van der Waals surface area contributed by atoms with Gasteiger partial charge in [-0.15, -0.1) is 5.10 Å². The first kappa shape index (κ1) is 16.1. The first-order chi connectivity index (χ1) is 10.4. The lowest BCUT2D eigenvalue weighted by Crippen LogP contribution is -2.28. The largest absolute Gasteiger partial charge is 0.494 e. The summed E-state index contributed by atoms with van der Waals surface area (Å²) in [5.74, 6) is 1.75. The molecule has 1 aromatic heterocycles. The number of ether oxygens (including phenoxy) is 1. The van der Waals surface area contributed by atoms with E-state index < -0.39 is 0 Å². The fraction of sp³-hybridized carbons (Fsp3) is 0.467. The normalized spacial score (nSPS) is 11.5. The van der Waals surface area contributed by atoms with Gasteiger partial charge in [0.05, 0.1) is 6.61 Å². The van der Waals surface area contributed by atoms with Gasteiger partial charge in [-0.05, 0) is 38.0 Å². The van der Waals surface area contributed by atoms with Gasteiger partial charge in [0, 0.05) is 19.1 Å². The van der Waals surface area contributed by atoms with Crippen LogP contribution in [0, 0.1) is 0 Å². The molecule has 120 valence electrons. The third-order valence-corrected chi connectivity index (χ3v) is 3.25. The van der Waals surface area contributed by atoms with Crippen LogP contribution in [-0.2, 0) is 12.6 Å². The van der Waals surface area contributed by atoms with Crippen molar-refractivity contribution in [1.29, 1.82) is 0 Å². The lowest BCUT2D eigenvalue weighted by atomic mass is 9.96. The summed E-state index contributed by atoms with van der Waals surface area (Å²) < 4.78 is 7.27. The third kappa shape index (κ3) is 4.36. The van der Waals surface area contributed by atoms with Crippen molar-refractivity contribution >= 4 is 11.9 Å². The summed E-state index contributed by atoms with van der Waals surface area (Å²) in [6, 6.07) is 7.88. The monoisotopic (exact) mass is 304 g/mol. The Hall–Kier alpha value is -2.28. The van der Waals surface area contributed by atoms with Gasteiger partial charge >= 0.3 is 0 Å². The summed E-state index contributed by atoms with van der Waals surface area (Å²) in [6.45, 7) is 5.26. The topological polar surface area (TPSA) is 104 Å². The van der Waals surface area contributed by atoms with Gasteiger partial charge in [0.25, 0.3) is 0 Å². The van der Waals surface area contributed by atoms with Crippen molar-refractivity contribution in [3.8, 4) is 5.75 Å². The van der Waals surface area contributed by atoms with Crippen LogP contribution in [0.5, 0.6) is 5.75 Å². The number of benzene rings is 1. The molecule has 0 radical (unpaired) electrons. The number of aryl methyl sites for hydroxylation is 1. The third-order valence-electron chi connectivity index (χ3n) is 3.25. The maximum absolute atomic E-state index is 6.09. The fourth-order valence-corrected chi connectivity index (χ4v) is 1.92. The molecule has 7 heteroatoms. The highest BCUT2D eigenvalue weighted by atomic mass is 16.5. The van der Waals surface area contributed by atoms with Gasteiger partial charge in [-0.1, -0.05) is 12.1 Å². The van der Waals surface area contributed by atoms with Crippen LogP contribution in [0.25, 0.3) is 0 Å². The molecule has 0 aliphatic heterocycles. The van der Waals surface area contributed by atoms with Gasteiger partial charge in [-0.3, -0.25) is 0 Å². The molecular weight excluding hydrogens is 280 g/mol. The zero-order valence-electron chi connectivity index (χ0n) is 13.3. The van der Waals surface area contributed by atoms with Gasteiger partial charge in [-0.2, -0.15) is 4.98 Å². The van der Waals surface area contributed by atoms with Crippen molar-refractivity contribution < 1.29 is 4.74 Å². The fourth-order valence-electron chi connectivity index (χ4n) is 1.92. The highest BCUT2D eigenvalue weighted by Gasteiger charge is 2.14. The van der Waals surface area contributed by atoms with Gasteiger partial charge in [-0.25, -0.2) is 4.68 Å². The Morgan fingerprint density at radius 2 is 2.14 bits per heavy atom. The Labute approximate surface area is 130 Å². The Kier molecular flexibility index (Phi) is 4.87. The summed E-state index contributed by atoms with van der Waals surface area (Å²) in [4.78, 5) is 4.07. The standard InChI is InChI=1S/C15H24N6O/c1-15(2,17)11-6-4-7-12(10-11)22-9-5-8-18-14-19-13(16)21(3)20-14/h4,6-7,10H,5,8-9,17H2,1-3H3,(H3,16,18,19,20). The van der Waals surface area contributed by atoms with E-state index in [0.717, 1.165) is 17.7 Å². The van der Waals surface area contributed by atoms with E-state index in [1.165, 1.54) is 4.68 Å². The van der Waals surface area contributed by atoms with Crippen LogP contribution >= 0.6 is 0 Å². The molecule has 0 amide bonds. The molecule has 0 aliphatic carbocycles. The number of nitrogens with one attached hydrogen (secondary N) is 1. The van der Waals surface area contributed by atoms with Crippen molar-refractivity contribution in [3.05, 3.63) is 29.8 Å². The molecule has 2 aromatic rings. The van der Waals surface area contributed by atoms with Crippen molar-refractivity contribution in [2.45, 2.75) is 25.8 Å². The van der Waals surface area contributed by atoms with Crippen molar-refractivity contribution in [2.24, 2.45) is 12.8 Å². The first-order valence-electron chi connectivity index (χ1n) is 7.29. The van der Waals surface area contributed by atoms with E-state index in [4.69, 9.17) is 16.2 Å². The van der Waals surface area contributed by atoms with E-state index in [-0.39, 0.29) is 5.54 Å². The van der Waals surface area contributed by atoms with E-state index in [0.29, 0.717) is 25.0 Å². The molecule has 0 saturated carbocycles. The van der Waals surface area contributed by atoms with E-state index in [1.54, 1.807) is 7.05 Å².